The SMILES string of the molecule is COc1ccc(C(C)N)c(OCc2ccc(Br)cc2)c1. The molecule has 106 valence electrons. The Hall–Kier alpha value is -1.52. The average molecular weight is 336 g/mol. The summed E-state index contributed by atoms with van der Waals surface area (Å²) < 4.78 is 12.2. The number of nitrogens with two attached hydrogens (primary N) is 1. The van der Waals surface area contributed by atoms with Crippen molar-refractivity contribution in [2.75, 3.05) is 7.11 Å². The van der Waals surface area contributed by atoms with E-state index in [0.29, 0.717) is 6.61 Å². The average Bonchev–Trinajstić information content (AvgIpc) is 2.46. The van der Waals surface area contributed by atoms with E-state index < -0.39 is 0 Å². The zero-order valence-corrected chi connectivity index (χ0v) is 13.2. The minimum Gasteiger partial charge on any atom is -0.497 e. The van der Waals surface area contributed by atoms with Crippen LogP contribution in [0.5, 0.6) is 11.5 Å². The Morgan fingerprint density at radius 2 is 1.85 bits per heavy atom. The van der Waals surface area contributed by atoms with Crippen LogP contribution in [0.15, 0.2) is 46.9 Å². The summed E-state index contributed by atoms with van der Waals surface area (Å²) in [6.07, 6.45) is 0. The van der Waals surface area contributed by atoms with E-state index in [9.17, 15) is 0 Å². The van der Waals surface area contributed by atoms with Gasteiger partial charge in [0.1, 0.15) is 18.1 Å². The molecule has 0 radical (unpaired) electrons. The molecule has 0 aliphatic heterocycles. The topological polar surface area (TPSA) is 44.5 Å². The Balaban J connectivity index is 2.16. The minimum absolute atomic E-state index is 0.0826. The van der Waals surface area contributed by atoms with Crippen molar-refractivity contribution in [3.05, 3.63) is 58.1 Å². The molecule has 0 saturated heterocycles. The quantitative estimate of drug-likeness (QED) is 0.896. The monoisotopic (exact) mass is 335 g/mol. The first-order valence-electron chi connectivity index (χ1n) is 6.41. The number of benzene rings is 2. The van der Waals surface area contributed by atoms with Gasteiger partial charge in [-0.25, -0.2) is 0 Å². The molecule has 0 aliphatic carbocycles. The van der Waals surface area contributed by atoms with Crippen LogP contribution in [0.1, 0.15) is 24.1 Å². The molecule has 1 unspecified atom stereocenters. The van der Waals surface area contributed by atoms with E-state index in [1.165, 1.54) is 0 Å². The molecule has 2 aromatic rings. The first-order chi connectivity index (χ1) is 9.60. The number of ether oxygens (including phenoxy) is 2. The first-order valence-corrected chi connectivity index (χ1v) is 7.20. The highest BCUT2D eigenvalue weighted by Gasteiger charge is 2.10. The molecular weight excluding hydrogens is 318 g/mol. The maximum absolute atomic E-state index is 5.97. The van der Waals surface area contributed by atoms with Crippen molar-refractivity contribution in [2.45, 2.75) is 19.6 Å². The van der Waals surface area contributed by atoms with Gasteiger partial charge >= 0.3 is 0 Å². The van der Waals surface area contributed by atoms with Gasteiger partial charge in [0.15, 0.2) is 0 Å². The van der Waals surface area contributed by atoms with Crippen LogP contribution in [0.3, 0.4) is 0 Å². The predicted molar refractivity (Wildman–Crippen MR) is 84.1 cm³/mol. The largest absolute Gasteiger partial charge is 0.497 e. The van der Waals surface area contributed by atoms with Gasteiger partial charge in [-0.2, -0.15) is 0 Å². The molecule has 1 atom stereocenters. The van der Waals surface area contributed by atoms with Gasteiger partial charge in [0.2, 0.25) is 0 Å². The molecular formula is C16H18BrNO2. The zero-order chi connectivity index (χ0) is 14.5. The van der Waals surface area contributed by atoms with Gasteiger partial charge in [0, 0.05) is 22.1 Å². The summed E-state index contributed by atoms with van der Waals surface area (Å²) >= 11 is 3.42. The number of hydrogen-bond acceptors (Lipinski definition) is 3. The molecule has 2 aromatic carbocycles. The molecule has 3 nitrogen and oxygen atoms in total. The van der Waals surface area contributed by atoms with Crippen molar-refractivity contribution in [1.29, 1.82) is 0 Å². The second-order valence-electron chi connectivity index (χ2n) is 4.61. The maximum Gasteiger partial charge on any atom is 0.128 e. The molecule has 20 heavy (non-hydrogen) atoms. The standard InChI is InChI=1S/C16H18BrNO2/c1-11(18)15-8-7-14(19-2)9-16(15)20-10-12-3-5-13(17)6-4-12/h3-9,11H,10,18H2,1-2H3. The van der Waals surface area contributed by atoms with Crippen LogP contribution in [-0.4, -0.2) is 7.11 Å². The molecule has 0 fully saturated rings. The fourth-order valence-corrected chi connectivity index (χ4v) is 2.15. The van der Waals surface area contributed by atoms with Crippen molar-refractivity contribution >= 4 is 15.9 Å². The highest BCUT2D eigenvalue weighted by Crippen LogP contribution is 2.29. The van der Waals surface area contributed by atoms with Gasteiger partial charge in [-0.1, -0.05) is 34.1 Å². The fraction of sp³-hybridized carbons (Fsp3) is 0.250. The van der Waals surface area contributed by atoms with E-state index in [-0.39, 0.29) is 6.04 Å². The molecule has 2 N–H and O–H groups in total. The summed E-state index contributed by atoms with van der Waals surface area (Å²) in [4.78, 5) is 0. The van der Waals surface area contributed by atoms with Gasteiger partial charge in [0.05, 0.1) is 7.11 Å². The predicted octanol–water partition coefficient (Wildman–Crippen LogP) is 4.06. The van der Waals surface area contributed by atoms with Gasteiger partial charge in [-0.15, -0.1) is 0 Å². The molecule has 2 rings (SSSR count). The summed E-state index contributed by atoms with van der Waals surface area (Å²) in [5, 5.41) is 0. The highest BCUT2D eigenvalue weighted by atomic mass is 79.9. The number of hydrogen-bond donors (Lipinski definition) is 1. The third-order valence-electron chi connectivity index (χ3n) is 3.02. The van der Waals surface area contributed by atoms with Crippen LogP contribution in [-0.2, 0) is 6.61 Å². The Bertz CT molecular complexity index is 567. The summed E-state index contributed by atoms with van der Waals surface area (Å²) in [6.45, 7) is 2.44. The van der Waals surface area contributed by atoms with Gasteiger partial charge < -0.3 is 15.2 Å². The molecule has 0 amide bonds. The van der Waals surface area contributed by atoms with Crippen molar-refractivity contribution in [2.24, 2.45) is 5.73 Å². The smallest absolute Gasteiger partial charge is 0.128 e. The lowest BCUT2D eigenvalue weighted by Gasteiger charge is -2.15. The van der Waals surface area contributed by atoms with Crippen LogP contribution in [0.2, 0.25) is 0 Å². The number of rotatable bonds is 5. The molecule has 0 spiro atoms. The van der Waals surface area contributed by atoms with Crippen LogP contribution >= 0.6 is 15.9 Å². The van der Waals surface area contributed by atoms with Crippen LogP contribution in [0.4, 0.5) is 0 Å². The summed E-state index contributed by atoms with van der Waals surface area (Å²) in [5.41, 5.74) is 8.05. The van der Waals surface area contributed by atoms with E-state index in [1.807, 2.05) is 49.4 Å². The number of halogens is 1. The zero-order valence-electron chi connectivity index (χ0n) is 11.6. The van der Waals surface area contributed by atoms with E-state index in [2.05, 4.69) is 15.9 Å². The lowest BCUT2D eigenvalue weighted by Crippen LogP contribution is -2.08. The van der Waals surface area contributed by atoms with E-state index in [4.69, 9.17) is 15.2 Å². The molecule has 0 aliphatic rings. The molecule has 0 saturated carbocycles. The van der Waals surface area contributed by atoms with Crippen molar-refractivity contribution in [3.63, 3.8) is 0 Å². The Morgan fingerprint density at radius 1 is 1.15 bits per heavy atom. The maximum atomic E-state index is 5.97. The molecule has 0 aromatic heterocycles. The summed E-state index contributed by atoms with van der Waals surface area (Å²) in [6, 6.07) is 13.7. The van der Waals surface area contributed by atoms with Gasteiger partial charge in [-0.05, 0) is 30.7 Å². The third-order valence-corrected chi connectivity index (χ3v) is 3.55. The Labute approximate surface area is 127 Å². The second-order valence-corrected chi connectivity index (χ2v) is 5.52. The van der Waals surface area contributed by atoms with E-state index in [0.717, 1.165) is 27.1 Å². The normalized spacial score (nSPS) is 12.0. The number of methoxy groups -OCH3 is 1. The minimum atomic E-state index is -0.0826. The van der Waals surface area contributed by atoms with Crippen molar-refractivity contribution in [3.8, 4) is 11.5 Å². The van der Waals surface area contributed by atoms with Crippen LogP contribution < -0.4 is 15.2 Å². The first kappa shape index (κ1) is 14.9. The lowest BCUT2D eigenvalue weighted by molar-refractivity contribution is 0.299. The lowest BCUT2D eigenvalue weighted by atomic mass is 10.1. The van der Waals surface area contributed by atoms with Crippen LogP contribution in [0, 0.1) is 0 Å². The molecule has 4 heteroatoms. The van der Waals surface area contributed by atoms with E-state index in [1.54, 1.807) is 7.11 Å². The highest BCUT2D eigenvalue weighted by molar-refractivity contribution is 9.10. The molecule has 0 heterocycles. The van der Waals surface area contributed by atoms with E-state index >= 15 is 0 Å². The van der Waals surface area contributed by atoms with Crippen molar-refractivity contribution < 1.29 is 9.47 Å². The Kier molecular flexibility index (Phi) is 5.04. The summed E-state index contributed by atoms with van der Waals surface area (Å²) in [7, 11) is 1.64. The Morgan fingerprint density at radius 3 is 2.45 bits per heavy atom. The van der Waals surface area contributed by atoms with Gasteiger partial charge in [-0.3, -0.25) is 0 Å². The summed E-state index contributed by atoms with van der Waals surface area (Å²) in [5.74, 6) is 1.53. The molecule has 0 bridgehead atoms. The fourth-order valence-electron chi connectivity index (χ4n) is 1.88. The van der Waals surface area contributed by atoms with Crippen molar-refractivity contribution in [1.82, 2.24) is 0 Å². The third kappa shape index (κ3) is 3.74. The second kappa shape index (κ2) is 6.77. The van der Waals surface area contributed by atoms with Crippen LogP contribution in [0.25, 0.3) is 0 Å². The van der Waals surface area contributed by atoms with Gasteiger partial charge in [0.25, 0.3) is 0 Å².